The molecule has 3 atom stereocenters. The summed E-state index contributed by atoms with van der Waals surface area (Å²) in [6.07, 6.45) is 4.90. The van der Waals surface area contributed by atoms with Crippen LogP contribution < -0.4 is 4.90 Å². The number of anilines is 1. The second-order valence-electron chi connectivity index (χ2n) is 6.48. The summed E-state index contributed by atoms with van der Waals surface area (Å²) in [7, 11) is 0. The first-order chi connectivity index (χ1) is 9.60. The third-order valence-corrected chi connectivity index (χ3v) is 5.16. The predicted molar refractivity (Wildman–Crippen MR) is 80.8 cm³/mol. The molecule has 3 unspecified atom stereocenters. The number of rotatable bonds is 2. The number of fused-ring (bicyclic) bond motifs is 1. The van der Waals surface area contributed by atoms with E-state index in [1.165, 1.54) is 6.42 Å². The number of piperidine rings is 1. The number of nitrogens with zero attached hydrogens (tertiary/aromatic N) is 1. The molecule has 3 rings (SSSR count). The molecule has 1 aliphatic carbocycles. The van der Waals surface area contributed by atoms with E-state index in [2.05, 4.69) is 11.0 Å². The Morgan fingerprint density at radius 2 is 2.05 bits per heavy atom. The second-order valence-corrected chi connectivity index (χ2v) is 6.48. The molecule has 2 N–H and O–H groups in total. The molecule has 1 aromatic rings. The summed E-state index contributed by atoms with van der Waals surface area (Å²) in [4.78, 5) is 2.35. The van der Waals surface area contributed by atoms with Gasteiger partial charge in [0.05, 0.1) is 11.7 Å². The van der Waals surface area contributed by atoms with Gasteiger partial charge in [0.25, 0.3) is 0 Å². The van der Waals surface area contributed by atoms with Crippen LogP contribution in [0.3, 0.4) is 0 Å². The van der Waals surface area contributed by atoms with Crippen LogP contribution in [0.1, 0.15) is 50.7 Å². The normalized spacial score (nSPS) is 31.8. The van der Waals surface area contributed by atoms with Gasteiger partial charge in [0.1, 0.15) is 0 Å². The van der Waals surface area contributed by atoms with E-state index in [-0.39, 0.29) is 0 Å². The number of para-hydroxylation sites is 1. The summed E-state index contributed by atoms with van der Waals surface area (Å²) in [6, 6.07) is 8.10. The molecule has 3 nitrogen and oxygen atoms in total. The Hall–Kier alpha value is -1.06. The molecular weight excluding hydrogens is 250 g/mol. The average Bonchev–Trinajstić information content (AvgIpc) is 2.46. The van der Waals surface area contributed by atoms with E-state index in [1.807, 2.05) is 25.1 Å². The predicted octanol–water partition coefficient (Wildman–Crippen LogP) is 2.87. The number of benzene rings is 1. The van der Waals surface area contributed by atoms with Crippen molar-refractivity contribution < 1.29 is 10.2 Å². The van der Waals surface area contributed by atoms with Gasteiger partial charge in [-0.05, 0) is 32.3 Å². The molecule has 1 saturated heterocycles. The minimum Gasteiger partial charge on any atom is -0.389 e. The minimum atomic E-state index is -0.446. The van der Waals surface area contributed by atoms with E-state index in [4.69, 9.17) is 0 Å². The molecule has 0 amide bonds. The summed E-state index contributed by atoms with van der Waals surface area (Å²) < 4.78 is 0. The highest BCUT2D eigenvalue weighted by Crippen LogP contribution is 2.41. The van der Waals surface area contributed by atoms with Crippen LogP contribution in [0.25, 0.3) is 0 Å². The zero-order chi connectivity index (χ0) is 14.2. The smallest absolute Gasteiger partial charge is 0.0781 e. The van der Waals surface area contributed by atoms with Gasteiger partial charge in [-0.3, -0.25) is 0 Å². The molecule has 1 aliphatic heterocycles. The van der Waals surface area contributed by atoms with Gasteiger partial charge in [-0.25, -0.2) is 0 Å². The van der Waals surface area contributed by atoms with Crippen molar-refractivity contribution in [3.63, 3.8) is 0 Å². The topological polar surface area (TPSA) is 43.7 Å². The molecule has 1 aromatic carbocycles. The molecule has 0 spiro atoms. The summed E-state index contributed by atoms with van der Waals surface area (Å²) in [6.45, 7) is 3.62. The lowest BCUT2D eigenvalue weighted by Gasteiger charge is -2.48. The Labute approximate surface area is 121 Å². The van der Waals surface area contributed by atoms with Crippen LogP contribution in [-0.2, 0) is 0 Å². The molecule has 0 radical (unpaired) electrons. The van der Waals surface area contributed by atoms with E-state index < -0.39 is 11.7 Å². The highest BCUT2D eigenvalue weighted by molar-refractivity contribution is 5.55. The van der Waals surface area contributed by atoms with Gasteiger partial charge in [-0.2, -0.15) is 0 Å². The van der Waals surface area contributed by atoms with Crippen molar-refractivity contribution in [1.29, 1.82) is 0 Å². The Bertz CT molecular complexity index is 474. The number of aliphatic hydroxyl groups excluding tert-OH is 1. The third-order valence-electron chi connectivity index (χ3n) is 5.16. The van der Waals surface area contributed by atoms with Gasteiger partial charge in [0.2, 0.25) is 0 Å². The highest BCUT2D eigenvalue weighted by atomic mass is 16.3. The molecule has 0 bridgehead atoms. The Balaban J connectivity index is 1.83. The van der Waals surface area contributed by atoms with E-state index in [0.29, 0.717) is 5.92 Å². The largest absolute Gasteiger partial charge is 0.389 e. The molecule has 1 saturated carbocycles. The van der Waals surface area contributed by atoms with Crippen LogP contribution in [0, 0.1) is 5.92 Å². The summed E-state index contributed by atoms with van der Waals surface area (Å²) in [5, 5.41) is 20.7. The van der Waals surface area contributed by atoms with Gasteiger partial charge in [0.15, 0.2) is 0 Å². The molecular formula is C17H25NO2. The maximum Gasteiger partial charge on any atom is 0.0781 e. The van der Waals surface area contributed by atoms with E-state index >= 15 is 0 Å². The number of hydrogen-bond acceptors (Lipinski definition) is 3. The van der Waals surface area contributed by atoms with Crippen LogP contribution in [0.4, 0.5) is 5.69 Å². The van der Waals surface area contributed by atoms with Gasteiger partial charge in [0, 0.05) is 30.3 Å². The fourth-order valence-corrected chi connectivity index (χ4v) is 3.92. The van der Waals surface area contributed by atoms with Crippen LogP contribution in [-0.4, -0.2) is 28.9 Å². The lowest BCUT2D eigenvalue weighted by Crippen LogP contribution is -2.53. The minimum absolute atomic E-state index is 0.382. The second kappa shape index (κ2) is 5.38. The third kappa shape index (κ3) is 2.45. The van der Waals surface area contributed by atoms with Crippen LogP contribution in [0.2, 0.25) is 0 Å². The molecule has 20 heavy (non-hydrogen) atoms. The lowest BCUT2D eigenvalue weighted by atomic mass is 9.71. The molecule has 110 valence electrons. The fraction of sp³-hybridized carbons (Fsp3) is 0.647. The van der Waals surface area contributed by atoms with Crippen molar-refractivity contribution in [2.75, 3.05) is 18.0 Å². The summed E-state index contributed by atoms with van der Waals surface area (Å²) >= 11 is 0. The molecule has 2 fully saturated rings. The quantitative estimate of drug-likeness (QED) is 0.872. The number of hydrogen-bond donors (Lipinski definition) is 2. The van der Waals surface area contributed by atoms with Gasteiger partial charge in [-0.1, -0.05) is 31.0 Å². The summed E-state index contributed by atoms with van der Waals surface area (Å²) in [5.74, 6) is 0.382. The van der Waals surface area contributed by atoms with Crippen molar-refractivity contribution >= 4 is 5.69 Å². The molecule has 3 heteroatoms. The van der Waals surface area contributed by atoms with Crippen molar-refractivity contribution in [3.05, 3.63) is 29.8 Å². The summed E-state index contributed by atoms with van der Waals surface area (Å²) in [5.41, 5.74) is 1.69. The van der Waals surface area contributed by atoms with Gasteiger partial charge >= 0.3 is 0 Å². The van der Waals surface area contributed by atoms with E-state index in [1.54, 1.807) is 0 Å². The SMILES string of the molecule is CC(O)c1ccccc1N1CCC2(O)CCCCC2C1. The van der Waals surface area contributed by atoms with Crippen molar-refractivity contribution in [2.24, 2.45) is 5.92 Å². The maximum absolute atomic E-state index is 10.8. The van der Waals surface area contributed by atoms with Crippen molar-refractivity contribution in [3.8, 4) is 0 Å². The zero-order valence-electron chi connectivity index (χ0n) is 12.3. The van der Waals surface area contributed by atoms with Crippen molar-refractivity contribution in [2.45, 2.75) is 50.7 Å². The van der Waals surface area contributed by atoms with Gasteiger partial charge < -0.3 is 15.1 Å². The Morgan fingerprint density at radius 1 is 1.25 bits per heavy atom. The van der Waals surface area contributed by atoms with Crippen LogP contribution in [0.5, 0.6) is 0 Å². The Kier molecular flexibility index (Phi) is 3.74. The monoisotopic (exact) mass is 275 g/mol. The van der Waals surface area contributed by atoms with Crippen LogP contribution >= 0.6 is 0 Å². The van der Waals surface area contributed by atoms with E-state index in [0.717, 1.165) is 50.0 Å². The standard InChI is InChI=1S/C17H25NO2/c1-13(19)15-7-2-3-8-16(15)18-11-10-17(20)9-5-4-6-14(17)12-18/h2-3,7-8,13-14,19-20H,4-6,9-12H2,1H3. The fourth-order valence-electron chi connectivity index (χ4n) is 3.92. The zero-order valence-corrected chi connectivity index (χ0v) is 12.3. The number of aliphatic hydroxyl groups is 2. The average molecular weight is 275 g/mol. The van der Waals surface area contributed by atoms with Gasteiger partial charge in [-0.15, -0.1) is 0 Å². The first-order valence-electron chi connectivity index (χ1n) is 7.84. The maximum atomic E-state index is 10.8. The van der Waals surface area contributed by atoms with Crippen LogP contribution in [0.15, 0.2) is 24.3 Å². The van der Waals surface area contributed by atoms with E-state index in [9.17, 15) is 10.2 Å². The highest BCUT2D eigenvalue weighted by Gasteiger charge is 2.43. The first kappa shape index (κ1) is 13.9. The molecule has 2 aliphatic rings. The Morgan fingerprint density at radius 3 is 2.85 bits per heavy atom. The molecule has 1 heterocycles. The molecule has 0 aromatic heterocycles. The first-order valence-corrected chi connectivity index (χ1v) is 7.84. The van der Waals surface area contributed by atoms with Crippen molar-refractivity contribution in [1.82, 2.24) is 0 Å². The lowest BCUT2D eigenvalue weighted by molar-refractivity contribution is -0.0613.